The average Bonchev–Trinajstić information content (AvgIpc) is 2.11. The van der Waals surface area contributed by atoms with Crippen LogP contribution in [0.25, 0.3) is 0 Å². The third-order valence-corrected chi connectivity index (χ3v) is 0.958. The average molecular weight is 172 g/mol. The van der Waals surface area contributed by atoms with Gasteiger partial charge in [-0.05, 0) is 6.92 Å². The molecule has 0 fully saturated rings. The molecule has 0 bridgehead atoms. The van der Waals surface area contributed by atoms with Crippen LogP contribution in [-0.2, 0) is 24.2 Å². The van der Waals surface area contributed by atoms with E-state index in [1.165, 1.54) is 12.9 Å². The van der Waals surface area contributed by atoms with E-state index in [2.05, 4.69) is 9.78 Å². The number of hydrogen-bond donors (Lipinski definition) is 0. The van der Waals surface area contributed by atoms with Crippen LogP contribution >= 0.6 is 0 Å². The molecule has 0 atom stereocenters. The predicted molar refractivity (Wildman–Crippen MR) is 37.4 cm³/mol. The quantitative estimate of drug-likeness (QED) is 0.257. The Morgan fingerprint density at radius 2 is 1.92 bits per heavy atom. The Morgan fingerprint density at radius 1 is 1.33 bits per heavy atom. The van der Waals surface area contributed by atoms with Gasteiger partial charge in [-0.15, -0.1) is 0 Å². The van der Waals surface area contributed by atoms with Crippen molar-refractivity contribution in [1.29, 1.82) is 0 Å². The summed E-state index contributed by atoms with van der Waals surface area (Å²) in [5.41, 5.74) is -0.279. The molecular formula is C7H8O5. The summed E-state index contributed by atoms with van der Waals surface area (Å²) in [5.74, 6) is -0.379. The Kier molecular flexibility index (Phi) is 4.41. The molecule has 0 saturated carbocycles. The van der Waals surface area contributed by atoms with E-state index in [4.69, 9.17) is 0 Å². The maximum absolute atomic E-state index is 10.6. The third kappa shape index (κ3) is 3.53. The fourth-order valence-corrected chi connectivity index (χ4v) is 0.247. The van der Waals surface area contributed by atoms with Crippen molar-refractivity contribution in [3.05, 3.63) is 5.57 Å². The van der Waals surface area contributed by atoms with Gasteiger partial charge in [-0.2, -0.15) is 0 Å². The minimum atomic E-state index is -1.01. The number of carbonyl (C=O) groups is 2. The van der Waals surface area contributed by atoms with Gasteiger partial charge in [-0.25, -0.2) is 24.2 Å². The molecule has 5 heteroatoms. The molecule has 5 nitrogen and oxygen atoms in total. The van der Waals surface area contributed by atoms with Crippen LogP contribution < -0.4 is 0 Å². The van der Waals surface area contributed by atoms with E-state index in [1.807, 2.05) is 0 Å². The van der Waals surface area contributed by atoms with E-state index < -0.39 is 11.9 Å². The topological polar surface area (TPSA) is 69.7 Å². The minimum Gasteiger partial charge on any atom is -0.247 e. The van der Waals surface area contributed by atoms with Gasteiger partial charge in [0.15, 0.2) is 0 Å². The highest BCUT2D eigenvalue weighted by atomic mass is 17.2. The molecule has 0 heterocycles. The second-order valence-electron chi connectivity index (χ2n) is 1.91. The molecule has 0 aliphatic carbocycles. The fourth-order valence-electron chi connectivity index (χ4n) is 0.247. The summed E-state index contributed by atoms with van der Waals surface area (Å²) in [6, 6.07) is 0. The molecule has 0 aromatic rings. The van der Waals surface area contributed by atoms with Gasteiger partial charge in [0.2, 0.25) is 0 Å². The van der Waals surface area contributed by atoms with Crippen LogP contribution in [0.3, 0.4) is 0 Å². The van der Waals surface area contributed by atoms with Crippen molar-refractivity contribution in [2.45, 2.75) is 20.3 Å². The molecule has 12 heavy (non-hydrogen) atoms. The summed E-state index contributed by atoms with van der Waals surface area (Å²) in [5, 5.41) is 0. The van der Waals surface area contributed by atoms with Crippen molar-refractivity contribution in [3.8, 4) is 0 Å². The second-order valence-corrected chi connectivity index (χ2v) is 1.91. The van der Waals surface area contributed by atoms with Crippen molar-refractivity contribution in [3.63, 3.8) is 0 Å². The largest absolute Gasteiger partial charge is 0.392 e. The first-order valence-electron chi connectivity index (χ1n) is 3.25. The smallest absolute Gasteiger partial charge is 0.247 e. The van der Waals surface area contributed by atoms with E-state index in [-0.39, 0.29) is 12.0 Å². The molecule has 0 aromatic heterocycles. The van der Waals surface area contributed by atoms with Gasteiger partial charge in [0.1, 0.15) is 11.5 Å². The van der Waals surface area contributed by atoms with Crippen LogP contribution in [0, 0.1) is 0 Å². The van der Waals surface area contributed by atoms with Crippen LogP contribution in [0.15, 0.2) is 5.57 Å². The standard InChI is InChI=1S/C7H8O5/c1-3-6(9)11-12-7(10)5(2)4-8/h3H2,1-2H3. The molecule has 0 amide bonds. The van der Waals surface area contributed by atoms with Crippen LogP contribution in [0.2, 0.25) is 0 Å². The summed E-state index contributed by atoms with van der Waals surface area (Å²) >= 11 is 0. The summed E-state index contributed by atoms with van der Waals surface area (Å²) in [4.78, 5) is 38.8. The Hall–Kier alpha value is -1.61. The number of hydrogen-bond acceptors (Lipinski definition) is 5. The van der Waals surface area contributed by atoms with E-state index >= 15 is 0 Å². The van der Waals surface area contributed by atoms with Gasteiger partial charge in [-0.3, -0.25) is 0 Å². The molecule has 0 unspecified atom stereocenters. The zero-order chi connectivity index (χ0) is 9.56. The van der Waals surface area contributed by atoms with E-state index in [0.29, 0.717) is 0 Å². The molecule has 0 aliphatic rings. The molecule has 0 saturated heterocycles. The third-order valence-electron chi connectivity index (χ3n) is 0.958. The van der Waals surface area contributed by atoms with E-state index in [9.17, 15) is 14.4 Å². The van der Waals surface area contributed by atoms with Crippen molar-refractivity contribution >= 4 is 17.9 Å². The number of rotatable bonds is 2. The fraction of sp³-hybridized carbons (Fsp3) is 0.429. The van der Waals surface area contributed by atoms with E-state index in [0.717, 1.165) is 0 Å². The highest BCUT2D eigenvalue weighted by Gasteiger charge is 2.10. The molecule has 0 aromatic carbocycles. The second kappa shape index (κ2) is 5.09. The Labute approximate surface area is 68.9 Å². The highest BCUT2D eigenvalue weighted by molar-refractivity contribution is 5.95. The van der Waals surface area contributed by atoms with Crippen molar-refractivity contribution in [2.75, 3.05) is 0 Å². The SMILES string of the molecule is CCC(=O)OOC(=O)C(C)=C=O. The Morgan fingerprint density at radius 3 is 2.33 bits per heavy atom. The van der Waals surface area contributed by atoms with Gasteiger partial charge in [-0.1, -0.05) is 6.92 Å². The van der Waals surface area contributed by atoms with Gasteiger partial charge >= 0.3 is 11.9 Å². The van der Waals surface area contributed by atoms with Gasteiger partial charge in [0.25, 0.3) is 0 Å². The first-order valence-corrected chi connectivity index (χ1v) is 3.25. The molecule has 0 rings (SSSR count). The zero-order valence-corrected chi connectivity index (χ0v) is 6.75. The summed E-state index contributed by atoms with van der Waals surface area (Å²) < 4.78 is 0. The lowest BCUT2D eigenvalue weighted by molar-refractivity contribution is -0.255. The summed E-state index contributed by atoms with van der Waals surface area (Å²) in [7, 11) is 0. The van der Waals surface area contributed by atoms with Gasteiger partial charge in [0, 0.05) is 6.42 Å². The van der Waals surface area contributed by atoms with Crippen LogP contribution in [0.5, 0.6) is 0 Å². The van der Waals surface area contributed by atoms with Gasteiger partial charge in [0.05, 0.1) is 0 Å². The Bertz CT molecular complexity index is 236. The molecule has 0 radical (unpaired) electrons. The maximum Gasteiger partial charge on any atom is 0.392 e. The summed E-state index contributed by atoms with van der Waals surface area (Å²) in [6.07, 6.45) is 0.0944. The molecule has 66 valence electrons. The lowest BCUT2D eigenvalue weighted by atomic mass is 10.4. The Balaban J connectivity index is 3.88. The number of carbonyl (C=O) groups excluding carboxylic acids is 3. The van der Waals surface area contributed by atoms with Gasteiger partial charge < -0.3 is 0 Å². The molecular weight excluding hydrogens is 164 g/mol. The van der Waals surface area contributed by atoms with Crippen LogP contribution in [0.1, 0.15) is 20.3 Å². The van der Waals surface area contributed by atoms with Crippen LogP contribution in [-0.4, -0.2) is 17.9 Å². The van der Waals surface area contributed by atoms with E-state index in [1.54, 1.807) is 6.92 Å². The first-order chi connectivity index (χ1) is 5.61. The maximum atomic E-state index is 10.6. The zero-order valence-electron chi connectivity index (χ0n) is 6.75. The lowest BCUT2D eigenvalue weighted by Crippen LogP contribution is -2.11. The normalized spacial score (nSPS) is 8.17. The molecule has 0 aliphatic heterocycles. The molecule has 0 spiro atoms. The minimum absolute atomic E-state index is 0.0944. The van der Waals surface area contributed by atoms with Crippen molar-refractivity contribution in [1.82, 2.24) is 0 Å². The van der Waals surface area contributed by atoms with Crippen molar-refractivity contribution < 1.29 is 24.2 Å². The molecule has 0 N–H and O–H groups in total. The highest BCUT2D eigenvalue weighted by Crippen LogP contribution is 1.93. The van der Waals surface area contributed by atoms with Crippen molar-refractivity contribution in [2.24, 2.45) is 0 Å². The predicted octanol–water partition coefficient (Wildman–Crippen LogP) is 0.176. The first kappa shape index (κ1) is 10.4. The summed E-state index contributed by atoms with van der Waals surface area (Å²) in [6.45, 7) is 2.74. The van der Waals surface area contributed by atoms with Crippen LogP contribution in [0.4, 0.5) is 0 Å². The lowest BCUT2D eigenvalue weighted by Gasteiger charge is -1.98. The monoisotopic (exact) mass is 172 g/mol.